The zero-order valence-corrected chi connectivity index (χ0v) is 15.5. The molecule has 1 heterocycles. The van der Waals surface area contributed by atoms with E-state index in [1.165, 1.54) is 12.6 Å². The van der Waals surface area contributed by atoms with Gasteiger partial charge in [0, 0.05) is 19.1 Å². The maximum Gasteiger partial charge on any atom is 0.240 e. The highest BCUT2D eigenvalue weighted by Crippen LogP contribution is 2.18. The van der Waals surface area contributed by atoms with Crippen LogP contribution in [0, 0.1) is 0 Å². The van der Waals surface area contributed by atoms with Crippen molar-refractivity contribution in [3.8, 4) is 0 Å². The van der Waals surface area contributed by atoms with Crippen molar-refractivity contribution < 1.29 is 8.42 Å². The van der Waals surface area contributed by atoms with E-state index < -0.39 is 10.0 Å². The number of sulfonamides is 1. The van der Waals surface area contributed by atoms with E-state index in [0.717, 1.165) is 25.1 Å². The minimum atomic E-state index is -3.37. The van der Waals surface area contributed by atoms with Crippen LogP contribution in [0.5, 0.6) is 0 Å². The van der Waals surface area contributed by atoms with Gasteiger partial charge in [0.15, 0.2) is 0 Å². The van der Waals surface area contributed by atoms with Crippen molar-refractivity contribution in [1.29, 1.82) is 0 Å². The first kappa shape index (κ1) is 18.1. The molecule has 0 fully saturated rings. The Morgan fingerprint density at radius 1 is 1.13 bits per heavy atom. The molecule has 0 amide bonds. The Bertz CT molecular complexity index is 695. The largest absolute Gasteiger partial charge is 0.292 e. The molecule has 4 nitrogen and oxygen atoms in total. The predicted molar refractivity (Wildman–Crippen MR) is 96.0 cm³/mol. The standard InChI is InChI=1S/C17H24N2O2S2/c1-4-14(2)19(12-16-9-10-22-13-16)11-15-5-7-17(8-6-15)23(20,21)18-3/h5-10,13-14,18H,4,11-12H2,1-3H3. The molecule has 23 heavy (non-hydrogen) atoms. The number of nitrogens with one attached hydrogen (secondary N) is 1. The molecule has 1 aromatic heterocycles. The second-order valence-corrected chi connectivity index (χ2v) is 8.31. The van der Waals surface area contributed by atoms with Crippen LogP contribution in [0.1, 0.15) is 31.4 Å². The van der Waals surface area contributed by atoms with Crippen molar-refractivity contribution >= 4 is 21.4 Å². The average molecular weight is 353 g/mol. The van der Waals surface area contributed by atoms with Crippen molar-refractivity contribution in [3.63, 3.8) is 0 Å². The predicted octanol–water partition coefficient (Wildman–Crippen LogP) is 3.46. The van der Waals surface area contributed by atoms with Crippen LogP contribution < -0.4 is 4.72 Å². The van der Waals surface area contributed by atoms with Gasteiger partial charge in [-0.25, -0.2) is 13.1 Å². The van der Waals surface area contributed by atoms with Crippen LogP contribution in [0.25, 0.3) is 0 Å². The molecule has 0 bridgehead atoms. The van der Waals surface area contributed by atoms with Gasteiger partial charge in [0.1, 0.15) is 0 Å². The summed E-state index contributed by atoms with van der Waals surface area (Å²) in [6.07, 6.45) is 1.08. The second kappa shape index (κ2) is 8.06. The molecule has 0 saturated carbocycles. The monoisotopic (exact) mass is 352 g/mol. The van der Waals surface area contributed by atoms with Gasteiger partial charge in [-0.1, -0.05) is 19.1 Å². The Hall–Kier alpha value is -1.21. The maximum absolute atomic E-state index is 11.8. The van der Waals surface area contributed by atoms with E-state index in [1.54, 1.807) is 23.5 Å². The molecule has 0 saturated heterocycles. The lowest BCUT2D eigenvalue weighted by Crippen LogP contribution is -2.31. The Kier molecular flexibility index (Phi) is 6.35. The zero-order valence-electron chi connectivity index (χ0n) is 13.8. The van der Waals surface area contributed by atoms with Crippen LogP contribution in [0.15, 0.2) is 46.0 Å². The Morgan fingerprint density at radius 3 is 2.30 bits per heavy atom. The number of benzene rings is 1. The molecule has 1 aromatic carbocycles. The molecule has 1 atom stereocenters. The highest BCUT2D eigenvalue weighted by Gasteiger charge is 2.15. The van der Waals surface area contributed by atoms with Gasteiger partial charge in [-0.15, -0.1) is 0 Å². The van der Waals surface area contributed by atoms with E-state index in [4.69, 9.17) is 0 Å². The van der Waals surface area contributed by atoms with Crippen LogP contribution in [-0.4, -0.2) is 26.4 Å². The summed E-state index contributed by atoms with van der Waals surface area (Å²) >= 11 is 1.71. The molecular formula is C17H24N2O2S2. The number of nitrogens with zero attached hydrogens (tertiary/aromatic N) is 1. The van der Waals surface area contributed by atoms with Gasteiger partial charge in [-0.3, -0.25) is 4.90 Å². The fraction of sp³-hybridized carbons (Fsp3) is 0.412. The average Bonchev–Trinajstić information content (AvgIpc) is 3.07. The molecule has 0 aliphatic heterocycles. The molecule has 0 aliphatic rings. The van der Waals surface area contributed by atoms with E-state index in [9.17, 15) is 8.42 Å². The third-order valence-corrected chi connectivity index (χ3v) is 6.23. The quantitative estimate of drug-likeness (QED) is 0.791. The summed E-state index contributed by atoms with van der Waals surface area (Å²) < 4.78 is 25.9. The molecule has 2 aromatic rings. The normalized spacial score (nSPS) is 13.4. The van der Waals surface area contributed by atoms with Crippen LogP contribution in [-0.2, 0) is 23.1 Å². The molecule has 0 radical (unpaired) electrons. The summed E-state index contributed by atoms with van der Waals surface area (Å²) in [5.41, 5.74) is 2.44. The highest BCUT2D eigenvalue weighted by molar-refractivity contribution is 7.89. The minimum absolute atomic E-state index is 0.302. The number of thiophene rings is 1. The smallest absolute Gasteiger partial charge is 0.240 e. The zero-order chi connectivity index (χ0) is 16.9. The van der Waals surface area contributed by atoms with Crippen molar-refractivity contribution in [1.82, 2.24) is 9.62 Å². The summed E-state index contributed by atoms with van der Waals surface area (Å²) in [5.74, 6) is 0. The van der Waals surface area contributed by atoms with Crippen LogP contribution in [0.4, 0.5) is 0 Å². The molecule has 1 N–H and O–H groups in total. The van der Waals surface area contributed by atoms with E-state index >= 15 is 0 Å². The Labute approximate surface area is 143 Å². The molecule has 2 rings (SSSR count). The van der Waals surface area contributed by atoms with Gasteiger partial charge < -0.3 is 0 Å². The van der Waals surface area contributed by atoms with Crippen molar-refractivity contribution in [2.45, 2.75) is 44.3 Å². The van der Waals surface area contributed by atoms with Gasteiger partial charge in [0.05, 0.1) is 4.90 Å². The molecule has 0 spiro atoms. The Morgan fingerprint density at radius 2 is 1.78 bits per heavy atom. The van der Waals surface area contributed by atoms with E-state index in [1.807, 2.05) is 12.1 Å². The SMILES string of the molecule is CCC(C)N(Cc1ccc(S(=O)(=O)NC)cc1)Cc1ccsc1. The molecule has 126 valence electrons. The molecular weight excluding hydrogens is 328 g/mol. The van der Waals surface area contributed by atoms with Crippen molar-refractivity contribution in [2.24, 2.45) is 0 Å². The fourth-order valence-corrected chi connectivity index (χ4v) is 3.76. The number of hydrogen-bond acceptors (Lipinski definition) is 4. The summed E-state index contributed by atoms with van der Waals surface area (Å²) in [4.78, 5) is 2.72. The lowest BCUT2D eigenvalue weighted by atomic mass is 10.1. The molecule has 0 aliphatic carbocycles. The van der Waals surface area contributed by atoms with Crippen LogP contribution in [0.3, 0.4) is 0 Å². The first-order valence-corrected chi connectivity index (χ1v) is 10.2. The number of rotatable bonds is 8. The molecule has 1 unspecified atom stereocenters. The maximum atomic E-state index is 11.8. The van der Waals surface area contributed by atoms with Crippen molar-refractivity contribution in [3.05, 3.63) is 52.2 Å². The summed E-state index contributed by atoms with van der Waals surface area (Å²) in [5, 5.41) is 4.28. The van der Waals surface area contributed by atoms with Crippen molar-refractivity contribution in [2.75, 3.05) is 7.05 Å². The third-order valence-electron chi connectivity index (χ3n) is 4.07. The number of hydrogen-bond donors (Lipinski definition) is 1. The summed E-state index contributed by atoms with van der Waals surface area (Å²) in [6, 6.07) is 9.75. The summed E-state index contributed by atoms with van der Waals surface area (Å²) in [6.45, 7) is 6.14. The molecule has 6 heteroatoms. The minimum Gasteiger partial charge on any atom is -0.292 e. The van der Waals surface area contributed by atoms with E-state index in [2.05, 4.69) is 40.3 Å². The van der Waals surface area contributed by atoms with Gasteiger partial charge in [-0.2, -0.15) is 11.3 Å². The van der Waals surface area contributed by atoms with Crippen LogP contribution in [0.2, 0.25) is 0 Å². The fourth-order valence-electron chi connectivity index (χ4n) is 2.37. The lowest BCUT2D eigenvalue weighted by Gasteiger charge is -2.28. The van der Waals surface area contributed by atoms with Gasteiger partial charge in [0.2, 0.25) is 10.0 Å². The highest BCUT2D eigenvalue weighted by atomic mass is 32.2. The Balaban J connectivity index is 2.13. The first-order chi connectivity index (χ1) is 11.0. The topological polar surface area (TPSA) is 49.4 Å². The van der Waals surface area contributed by atoms with E-state index in [-0.39, 0.29) is 0 Å². The first-order valence-electron chi connectivity index (χ1n) is 7.74. The summed E-state index contributed by atoms with van der Waals surface area (Å²) in [7, 11) is -1.94. The van der Waals surface area contributed by atoms with Gasteiger partial charge in [0.25, 0.3) is 0 Å². The van der Waals surface area contributed by atoms with Gasteiger partial charge >= 0.3 is 0 Å². The lowest BCUT2D eigenvalue weighted by molar-refractivity contribution is 0.186. The van der Waals surface area contributed by atoms with Gasteiger partial charge in [-0.05, 0) is 60.5 Å². The van der Waals surface area contributed by atoms with Crippen LogP contribution >= 0.6 is 11.3 Å². The van der Waals surface area contributed by atoms with E-state index in [0.29, 0.717) is 10.9 Å². The third kappa shape index (κ3) is 4.88. The second-order valence-electron chi connectivity index (χ2n) is 5.65.